The van der Waals surface area contributed by atoms with Crippen LogP contribution in [0.5, 0.6) is 0 Å². The number of nitro benzene ring substituents is 1. The van der Waals surface area contributed by atoms with Crippen molar-refractivity contribution < 1.29 is 4.92 Å². The highest BCUT2D eigenvalue weighted by Gasteiger charge is 2.26. The Hall–Kier alpha value is -1.38. The van der Waals surface area contributed by atoms with E-state index < -0.39 is 0 Å². The summed E-state index contributed by atoms with van der Waals surface area (Å²) in [5.74, 6) is 0.868. The Balaban J connectivity index is 2.43. The zero-order valence-electron chi connectivity index (χ0n) is 9.06. The molecule has 0 aliphatic heterocycles. The first-order valence-corrected chi connectivity index (χ1v) is 5.38. The molecule has 0 unspecified atom stereocenters. The van der Waals surface area contributed by atoms with Gasteiger partial charge in [-0.1, -0.05) is 19.9 Å². The van der Waals surface area contributed by atoms with E-state index in [9.17, 15) is 10.1 Å². The van der Waals surface area contributed by atoms with Crippen molar-refractivity contribution in [2.75, 3.05) is 0 Å². The van der Waals surface area contributed by atoms with Crippen LogP contribution < -0.4 is 0 Å². The number of nitrogens with zero attached hydrogens (tertiary/aromatic N) is 1. The molecule has 0 spiro atoms. The van der Waals surface area contributed by atoms with Crippen LogP contribution in [0.1, 0.15) is 49.7 Å². The van der Waals surface area contributed by atoms with E-state index >= 15 is 0 Å². The molecule has 3 nitrogen and oxygen atoms in total. The molecule has 1 aliphatic rings. The molecule has 0 aromatic heterocycles. The van der Waals surface area contributed by atoms with Gasteiger partial charge in [-0.2, -0.15) is 0 Å². The molecular weight excluding hydrogens is 190 g/mol. The van der Waals surface area contributed by atoms with E-state index in [1.807, 2.05) is 26.0 Å². The summed E-state index contributed by atoms with van der Waals surface area (Å²) in [5, 5.41) is 10.8. The molecule has 0 atom stereocenters. The highest BCUT2D eigenvalue weighted by Crippen LogP contribution is 2.42. The van der Waals surface area contributed by atoms with Crippen molar-refractivity contribution in [2.45, 2.75) is 38.5 Å². The van der Waals surface area contributed by atoms with Crippen molar-refractivity contribution in [3.63, 3.8) is 0 Å². The third-order valence-electron chi connectivity index (χ3n) is 2.92. The van der Waals surface area contributed by atoms with Gasteiger partial charge in [-0.15, -0.1) is 0 Å². The van der Waals surface area contributed by atoms with E-state index in [0.29, 0.717) is 5.92 Å². The average Bonchev–Trinajstić information content (AvgIpc) is 2.99. The van der Waals surface area contributed by atoms with Crippen molar-refractivity contribution in [1.29, 1.82) is 0 Å². The Morgan fingerprint density at radius 3 is 2.53 bits per heavy atom. The van der Waals surface area contributed by atoms with Gasteiger partial charge in [-0.25, -0.2) is 0 Å². The first kappa shape index (κ1) is 10.1. The molecular formula is C12H15NO2. The van der Waals surface area contributed by atoms with E-state index in [1.54, 1.807) is 6.07 Å². The summed E-state index contributed by atoms with van der Waals surface area (Å²) in [7, 11) is 0. The van der Waals surface area contributed by atoms with Gasteiger partial charge in [0.05, 0.1) is 4.92 Å². The molecule has 0 amide bonds. The maximum Gasteiger partial charge on any atom is 0.272 e. The lowest BCUT2D eigenvalue weighted by atomic mass is 9.97. The Morgan fingerprint density at radius 1 is 1.40 bits per heavy atom. The molecule has 1 aromatic carbocycles. The van der Waals surface area contributed by atoms with Gasteiger partial charge in [0.1, 0.15) is 0 Å². The maximum atomic E-state index is 10.8. The molecule has 3 heteroatoms. The second-order valence-electron chi connectivity index (χ2n) is 4.50. The molecule has 1 fully saturated rings. The van der Waals surface area contributed by atoms with E-state index in [-0.39, 0.29) is 16.5 Å². The lowest BCUT2D eigenvalue weighted by molar-refractivity contribution is -0.385. The van der Waals surface area contributed by atoms with Gasteiger partial charge >= 0.3 is 0 Å². The average molecular weight is 205 g/mol. The molecule has 2 rings (SSSR count). The van der Waals surface area contributed by atoms with Gasteiger partial charge < -0.3 is 0 Å². The molecule has 1 aromatic rings. The Labute approximate surface area is 89.3 Å². The van der Waals surface area contributed by atoms with Crippen molar-refractivity contribution in [2.24, 2.45) is 0 Å². The van der Waals surface area contributed by atoms with Crippen LogP contribution in [0, 0.1) is 10.1 Å². The van der Waals surface area contributed by atoms with Crippen LogP contribution in [0.15, 0.2) is 18.2 Å². The minimum atomic E-state index is -0.286. The second-order valence-corrected chi connectivity index (χ2v) is 4.50. The maximum absolute atomic E-state index is 10.8. The van der Waals surface area contributed by atoms with Gasteiger partial charge in [0.25, 0.3) is 5.69 Å². The summed E-state index contributed by atoms with van der Waals surface area (Å²) < 4.78 is 0. The van der Waals surface area contributed by atoms with E-state index in [0.717, 1.165) is 5.56 Å². The predicted molar refractivity (Wildman–Crippen MR) is 59.2 cm³/mol. The Morgan fingerprint density at radius 2 is 2.07 bits per heavy atom. The summed E-state index contributed by atoms with van der Waals surface area (Å²) in [6, 6.07) is 5.57. The van der Waals surface area contributed by atoms with Crippen LogP contribution >= 0.6 is 0 Å². The highest BCUT2D eigenvalue weighted by atomic mass is 16.6. The standard InChI is InChI=1S/C12H15NO2/c1-8(2)11-7-10(9-3-4-9)5-6-12(11)13(14)15/h5-9H,3-4H2,1-2H3. The van der Waals surface area contributed by atoms with Crippen LogP contribution in [-0.2, 0) is 0 Å². The Kier molecular flexibility index (Phi) is 2.47. The van der Waals surface area contributed by atoms with Gasteiger partial charge in [0, 0.05) is 11.6 Å². The number of hydrogen-bond acceptors (Lipinski definition) is 2. The number of rotatable bonds is 3. The van der Waals surface area contributed by atoms with Crippen molar-refractivity contribution >= 4 is 5.69 Å². The molecule has 0 bridgehead atoms. The summed E-state index contributed by atoms with van der Waals surface area (Å²) in [6.45, 7) is 4.00. The predicted octanol–water partition coefficient (Wildman–Crippen LogP) is 3.60. The first-order valence-electron chi connectivity index (χ1n) is 5.38. The van der Waals surface area contributed by atoms with Crippen molar-refractivity contribution in [3.05, 3.63) is 39.4 Å². The number of hydrogen-bond donors (Lipinski definition) is 0. The van der Waals surface area contributed by atoms with Crippen LogP contribution in [0.3, 0.4) is 0 Å². The Bertz CT molecular complexity index is 395. The summed E-state index contributed by atoms with van der Waals surface area (Å²) in [6.07, 6.45) is 2.46. The van der Waals surface area contributed by atoms with E-state index in [4.69, 9.17) is 0 Å². The SMILES string of the molecule is CC(C)c1cc(C2CC2)ccc1[N+](=O)[O-]. The number of benzene rings is 1. The van der Waals surface area contributed by atoms with E-state index in [1.165, 1.54) is 18.4 Å². The molecule has 80 valence electrons. The summed E-state index contributed by atoms with van der Waals surface area (Å²) in [5.41, 5.74) is 2.39. The lowest BCUT2D eigenvalue weighted by Gasteiger charge is -2.08. The highest BCUT2D eigenvalue weighted by molar-refractivity contribution is 5.46. The van der Waals surface area contributed by atoms with Gasteiger partial charge in [-0.05, 0) is 36.3 Å². The smallest absolute Gasteiger partial charge is 0.258 e. The molecule has 1 aliphatic carbocycles. The third kappa shape index (κ3) is 2.01. The molecule has 0 N–H and O–H groups in total. The van der Waals surface area contributed by atoms with Crippen molar-refractivity contribution in [1.82, 2.24) is 0 Å². The zero-order chi connectivity index (χ0) is 11.0. The van der Waals surface area contributed by atoms with Gasteiger partial charge in [0.15, 0.2) is 0 Å². The quantitative estimate of drug-likeness (QED) is 0.559. The second kappa shape index (κ2) is 3.65. The molecule has 1 saturated carbocycles. The zero-order valence-corrected chi connectivity index (χ0v) is 9.06. The molecule has 15 heavy (non-hydrogen) atoms. The van der Waals surface area contributed by atoms with Crippen LogP contribution in [0.25, 0.3) is 0 Å². The lowest BCUT2D eigenvalue weighted by Crippen LogP contribution is -1.98. The fourth-order valence-corrected chi connectivity index (χ4v) is 1.87. The monoisotopic (exact) mass is 205 g/mol. The van der Waals surface area contributed by atoms with Crippen molar-refractivity contribution in [3.8, 4) is 0 Å². The summed E-state index contributed by atoms with van der Waals surface area (Å²) in [4.78, 5) is 10.5. The minimum Gasteiger partial charge on any atom is -0.258 e. The fraction of sp³-hybridized carbons (Fsp3) is 0.500. The van der Waals surface area contributed by atoms with Crippen LogP contribution in [0.2, 0.25) is 0 Å². The first-order chi connectivity index (χ1) is 7.09. The van der Waals surface area contributed by atoms with Gasteiger partial charge in [-0.3, -0.25) is 10.1 Å². The molecule has 0 saturated heterocycles. The normalized spacial score (nSPS) is 15.7. The third-order valence-corrected chi connectivity index (χ3v) is 2.92. The fourth-order valence-electron chi connectivity index (χ4n) is 1.87. The number of nitro groups is 1. The minimum absolute atomic E-state index is 0.212. The van der Waals surface area contributed by atoms with E-state index in [2.05, 4.69) is 0 Å². The topological polar surface area (TPSA) is 43.1 Å². The van der Waals surface area contributed by atoms with Gasteiger partial charge in [0.2, 0.25) is 0 Å². The van der Waals surface area contributed by atoms with Crippen LogP contribution in [-0.4, -0.2) is 4.92 Å². The largest absolute Gasteiger partial charge is 0.272 e. The van der Waals surface area contributed by atoms with Crippen LogP contribution in [0.4, 0.5) is 5.69 Å². The summed E-state index contributed by atoms with van der Waals surface area (Å²) >= 11 is 0. The molecule has 0 radical (unpaired) electrons. The molecule has 0 heterocycles.